The summed E-state index contributed by atoms with van der Waals surface area (Å²) >= 11 is 11.7. The maximum atomic E-state index is 12.2. The van der Waals surface area contributed by atoms with Gasteiger partial charge in [-0.3, -0.25) is 14.9 Å². The first-order valence-electron chi connectivity index (χ1n) is 6.02. The van der Waals surface area contributed by atoms with Crippen LogP contribution in [0.15, 0.2) is 36.4 Å². The Morgan fingerprint density at radius 3 is 2.55 bits per heavy atom. The van der Waals surface area contributed by atoms with Gasteiger partial charge in [0.15, 0.2) is 0 Å². The molecular formula is C14H10Cl2N2O4. The van der Waals surface area contributed by atoms with Crippen molar-refractivity contribution in [2.45, 2.75) is 0 Å². The van der Waals surface area contributed by atoms with Crippen molar-refractivity contribution in [2.24, 2.45) is 0 Å². The highest BCUT2D eigenvalue weighted by Crippen LogP contribution is 2.35. The zero-order valence-electron chi connectivity index (χ0n) is 11.3. The number of amides is 1. The molecule has 2 rings (SSSR count). The Balaban J connectivity index is 2.34. The quantitative estimate of drug-likeness (QED) is 0.669. The molecule has 22 heavy (non-hydrogen) atoms. The number of ether oxygens (including phenoxy) is 1. The van der Waals surface area contributed by atoms with Gasteiger partial charge < -0.3 is 10.1 Å². The van der Waals surface area contributed by atoms with Crippen LogP contribution in [0, 0.1) is 10.1 Å². The van der Waals surface area contributed by atoms with E-state index in [2.05, 4.69) is 5.32 Å². The molecule has 0 radical (unpaired) electrons. The molecule has 2 aromatic rings. The molecule has 0 aliphatic carbocycles. The van der Waals surface area contributed by atoms with Crippen LogP contribution in [0.3, 0.4) is 0 Å². The Labute approximate surface area is 135 Å². The zero-order valence-corrected chi connectivity index (χ0v) is 12.8. The van der Waals surface area contributed by atoms with E-state index >= 15 is 0 Å². The predicted molar refractivity (Wildman–Crippen MR) is 84.1 cm³/mol. The third-order valence-electron chi connectivity index (χ3n) is 2.83. The van der Waals surface area contributed by atoms with Crippen LogP contribution in [-0.2, 0) is 0 Å². The van der Waals surface area contributed by atoms with E-state index in [0.29, 0.717) is 5.02 Å². The van der Waals surface area contributed by atoms with Gasteiger partial charge in [-0.2, -0.15) is 0 Å². The standard InChI is InChI=1S/C14H10Cl2N2O4/c1-22-13-11(3-2-4-12(13)18(20)21)17-14(19)8-5-6-9(15)10(16)7-8/h2-7H,1H3,(H,17,19). The lowest BCUT2D eigenvalue weighted by molar-refractivity contribution is -0.385. The molecule has 0 heterocycles. The summed E-state index contributed by atoms with van der Waals surface area (Å²) in [7, 11) is 1.29. The molecule has 0 aliphatic heterocycles. The first-order chi connectivity index (χ1) is 10.4. The van der Waals surface area contributed by atoms with Gasteiger partial charge in [0.25, 0.3) is 5.91 Å². The number of nitrogens with one attached hydrogen (secondary N) is 1. The van der Waals surface area contributed by atoms with Gasteiger partial charge in [-0.15, -0.1) is 0 Å². The zero-order chi connectivity index (χ0) is 16.3. The molecule has 114 valence electrons. The maximum Gasteiger partial charge on any atom is 0.313 e. The molecule has 0 fully saturated rings. The summed E-state index contributed by atoms with van der Waals surface area (Å²) < 4.78 is 5.01. The maximum absolute atomic E-state index is 12.2. The van der Waals surface area contributed by atoms with Crippen LogP contribution in [0.1, 0.15) is 10.4 Å². The van der Waals surface area contributed by atoms with E-state index in [9.17, 15) is 14.9 Å². The Morgan fingerprint density at radius 1 is 1.23 bits per heavy atom. The van der Waals surface area contributed by atoms with Crippen molar-refractivity contribution >= 4 is 40.5 Å². The lowest BCUT2D eigenvalue weighted by Gasteiger charge is -2.10. The molecule has 0 unspecified atom stereocenters. The van der Waals surface area contributed by atoms with Crippen LogP contribution in [0.5, 0.6) is 5.75 Å². The molecule has 0 bridgehead atoms. The van der Waals surface area contributed by atoms with Gasteiger partial charge in [0.2, 0.25) is 5.75 Å². The average Bonchev–Trinajstić information content (AvgIpc) is 2.49. The van der Waals surface area contributed by atoms with E-state index in [-0.39, 0.29) is 27.7 Å². The summed E-state index contributed by atoms with van der Waals surface area (Å²) in [6, 6.07) is 8.62. The summed E-state index contributed by atoms with van der Waals surface area (Å²) in [6.07, 6.45) is 0. The molecule has 6 nitrogen and oxygen atoms in total. The molecule has 0 aromatic heterocycles. The number of anilines is 1. The third kappa shape index (κ3) is 3.29. The Morgan fingerprint density at radius 2 is 1.95 bits per heavy atom. The monoisotopic (exact) mass is 340 g/mol. The van der Waals surface area contributed by atoms with Crippen molar-refractivity contribution < 1.29 is 14.5 Å². The molecule has 1 N–H and O–H groups in total. The van der Waals surface area contributed by atoms with Crippen molar-refractivity contribution in [3.8, 4) is 5.75 Å². The molecule has 0 aliphatic rings. The number of halogens is 2. The van der Waals surface area contributed by atoms with Crippen LogP contribution in [0.4, 0.5) is 11.4 Å². The van der Waals surface area contributed by atoms with Gasteiger partial charge in [0.05, 0.1) is 27.8 Å². The van der Waals surface area contributed by atoms with Crippen molar-refractivity contribution in [3.63, 3.8) is 0 Å². The predicted octanol–water partition coefficient (Wildman–Crippen LogP) is 4.16. The number of nitro groups is 1. The number of benzene rings is 2. The van der Waals surface area contributed by atoms with Crippen LogP contribution < -0.4 is 10.1 Å². The van der Waals surface area contributed by atoms with Crippen LogP contribution in [0.2, 0.25) is 10.0 Å². The number of nitrogens with zero attached hydrogens (tertiary/aromatic N) is 1. The molecule has 0 atom stereocenters. The normalized spacial score (nSPS) is 10.1. The van der Waals surface area contributed by atoms with Crippen LogP contribution in [-0.4, -0.2) is 17.9 Å². The van der Waals surface area contributed by atoms with Gasteiger partial charge in [-0.25, -0.2) is 0 Å². The molecular weight excluding hydrogens is 331 g/mol. The van der Waals surface area contributed by atoms with Crippen LogP contribution >= 0.6 is 23.2 Å². The lowest BCUT2D eigenvalue weighted by atomic mass is 10.2. The second-order valence-corrected chi connectivity index (χ2v) is 5.01. The first kappa shape index (κ1) is 16.1. The largest absolute Gasteiger partial charge is 0.489 e. The number of rotatable bonds is 4. The van der Waals surface area contributed by atoms with E-state index in [1.165, 1.54) is 43.5 Å². The second-order valence-electron chi connectivity index (χ2n) is 4.20. The second kappa shape index (κ2) is 6.64. The summed E-state index contributed by atoms with van der Waals surface area (Å²) in [5.74, 6) is -0.515. The molecule has 0 spiro atoms. The van der Waals surface area contributed by atoms with Gasteiger partial charge in [0, 0.05) is 11.6 Å². The number of carbonyl (C=O) groups excluding carboxylic acids is 1. The fourth-order valence-electron chi connectivity index (χ4n) is 1.81. The minimum Gasteiger partial charge on any atom is -0.489 e. The highest BCUT2D eigenvalue weighted by Gasteiger charge is 2.20. The molecule has 2 aromatic carbocycles. The van der Waals surface area contributed by atoms with Crippen molar-refractivity contribution in [3.05, 3.63) is 62.1 Å². The van der Waals surface area contributed by atoms with Crippen molar-refractivity contribution in [1.82, 2.24) is 0 Å². The van der Waals surface area contributed by atoms with E-state index < -0.39 is 10.8 Å². The number of hydrogen-bond acceptors (Lipinski definition) is 4. The van der Waals surface area contributed by atoms with Gasteiger partial charge in [0.1, 0.15) is 0 Å². The fraction of sp³-hybridized carbons (Fsp3) is 0.0714. The summed E-state index contributed by atoms with van der Waals surface area (Å²) in [6.45, 7) is 0. The number of carbonyl (C=O) groups is 1. The minimum atomic E-state index is -0.590. The van der Waals surface area contributed by atoms with Crippen molar-refractivity contribution in [1.29, 1.82) is 0 Å². The lowest BCUT2D eigenvalue weighted by Crippen LogP contribution is -2.13. The number of hydrogen-bond donors (Lipinski definition) is 1. The topological polar surface area (TPSA) is 81.5 Å². The number of nitro benzene ring substituents is 1. The molecule has 0 saturated heterocycles. The van der Waals surface area contributed by atoms with E-state index in [0.717, 1.165) is 0 Å². The smallest absolute Gasteiger partial charge is 0.313 e. The summed E-state index contributed by atoms with van der Waals surface area (Å²) in [4.78, 5) is 22.6. The van der Waals surface area contributed by atoms with E-state index in [1.54, 1.807) is 0 Å². The van der Waals surface area contributed by atoms with Crippen molar-refractivity contribution in [2.75, 3.05) is 12.4 Å². The van der Waals surface area contributed by atoms with Crippen LogP contribution in [0.25, 0.3) is 0 Å². The van der Waals surface area contributed by atoms with E-state index in [1.807, 2.05) is 0 Å². The minimum absolute atomic E-state index is 0.0269. The molecule has 1 amide bonds. The highest BCUT2D eigenvalue weighted by molar-refractivity contribution is 6.42. The van der Waals surface area contributed by atoms with Gasteiger partial charge in [-0.05, 0) is 24.3 Å². The SMILES string of the molecule is COc1c(NC(=O)c2ccc(Cl)c(Cl)c2)cccc1[N+](=O)[O-]. The first-order valence-corrected chi connectivity index (χ1v) is 6.77. The number of methoxy groups -OCH3 is 1. The fourth-order valence-corrected chi connectivity index (χ4v) is 2.11. The molecule has 8 heteroatoms. The molecule has 0 saturated carbocycles. The third-order valence-corrected chi connectivity index (χ3v) is 3.56. The Kier molecular flexibility index (Phi) is 4.85. The van der Waals surface area contributed by atoms with E-state index in [4.69, 9.17) is 27.9 Å². The van der Waals surface area contributed by atoms with Gasteiger partial charge >= 0.3 is 5.69 Å². The van der Waals surface area contributed by atoms with Gasteiger partial charge in [-0.1, -0.05) is 29.3 Å². The number of para-hydroxylation sites is 1. The Bertz CT molecular complexity index is 750. The Hall–Kier alpha value is -2.31. The average molecular weight is 341 g/mol. The summed E-state index contributed by atoms with van der Waals surface area (Å²) in [5.41, 5.74) is 0.213. The summed E-state index contributed by atoms with van der Waals surface area (Å²) in [5, 5.41) is 14.1. The highest BCUT2D eigenvalue weighted by atomic mass is 35.5.